The number of imidazole rings is 2. The van der Waals surface area contributed by atoms with E-state index in [9.17, 15) is 19.4 Å². The van der Waals surface area contributed by atoms with Crippen molar-refractivity contribution in [2.45, 2.75) is 49.2 Å². The van der Waals surface area contributed by atoms with E-state index in [4.69, 9.17) is 46.3 Å². The highest BCUT2D eigenvalue weighted by Crippen LogP contribution is 2.51. The largest absolute Gasteiger partial charge is 0.582 e. The van der Waals surface area contributed by atoms with Crippen LogP contribution in [-0.4, -0.2) is 99.0 Å². The van der Waals surface area contributed by atoms with Crippen LogP contribution in [-0.2, 0) is 39.4 Å². The molecule has 0 amide bonds. The van der Waals surface area contributed by atoms with Crippen LogP contribution in [0.2, 0.25) is 0 Å². The number of nitrogen functional groups attached to an aromatic ring is 2. The predicted octanol–water partition coefficient (Wildman–Crippen LogP) is 0.178. The van der Waals surface area contributed by atoms with Gasteiger partial charge in [0.15, 0.2) is 53.5 Å². The molecule has 2 saturated heterocycles. The Labute approximate surface area is 260 Å². The molecule has 0 aliphatic carbocycles. The number of anilines is 2. The Bertz CT molecular complexity index is 1870. The SMILES string of the molecule is Nc1nc2c(ncn2[C@@H]2O[C@H](CO)[C@@H](F)[C@H]2OP(O)(=S)OC[C@H]2O[C@@H](n3cnc4c(N)ncnc43)[C@@H](F)[C@@H]2O[P+](=O)S)c(=O)[nH]1. The maximum Gasteiger partial charge on any atom is 0.582 e. The Morgan fingerprint density at radius 2 is 1.76 bits per heavy atom. The third-order valence-electron chi connectivity index (χ3n) is 6.97. The van der Waals surface area contributed by atoms with Crippen LogP contribution < -0.4 is 17.0 Å². The van der Waals surface area contributed by atoms with Crippen molar-refractivity contribution in [3.8, 4) is 0 Å². The average molecular weight is 712 g/mol. The minimum absolute atomic E-state index is 0.0370. The number of alkyl halides is 2. The fourth-order valence-corrected chi connectivity index (χ4v) is 7.19. The first kappa shape index (κ1) is 32.1. The zero-order valence-electron chi connectivity index (χ0n) is 22.3. The van der Waals surface area contributed by atoms with Gasteiger partial charge in [0.05, 0.1) is 25.9 Å². The van der Waals surface area contributed by atoms with Crippen LogP contribution >= 0.6 is 26.2 Å². The molecule has 7 N–H and O–H groups in total. The zero-order valence-corrected chi connectivity index (χ0v) is 25.8. The van der Waals surface area contributed by atoms with E-state index < -0.39 is 81.9 Å². The first-order valence-electron chi connectivity index (χ1n) is 12.7. The van der Waals surface area contributed by atoms with Crippen LogP contribution in [0.5, 0.6) is 0 Å². The number of hydrogen-bond donors (Lipinski definition) is 6. The van der Waals surface area contributed by atoms with Gasteiger partial charge < -0.3 is 35.5 Å². The van der Waals surface area contributed by atoms with Crippen molar-refractivity contribution >= 4 is 72.1 Å². The number of aromatic nitrogens is 8. The molecule has 2 fully saturated rings. The number of nitrogens with zero attached hydrogens (tertiary/aromatic N) is 7. The second kappa shape index (κ2) is 12.4. The van der Waals surface area contributed by atoms with Crippen LogP contribution in [0.3, 0.4) is 0 Å². The summed E-state index contributed by atoms with van der Waals surface area (Å²) in [6, 6.07) is 0. The molecule has 0 spiro atoms. The van der Waals surface area contributed by atoms with Gasteiger partial charge in [0, 0.05) is 0 Å². The third kappa shape index (κ3) is 6.05. The number of ether oxygens (including phenoxy) is 2. The van der Waals surface area contributed by atoms with Crippen LogP contribution in [0.4, 0.5) is 20.5 Å². The van der Waals surface area contributed by atoms with E-state index >= 15 is 8.78 Å². The molecule has 6 heterocycles. The number of aromatic amines is 1. The second-order valence-corrected chi connectivity index (χ2v) is 14.2. The van der Waals surface area contributed by atoms with E-state index in [1.54, 1.807) is 0 Å². The second-order valence-electron chi connectivity index (χ2n) is 9.70. The molecule has 45 heavy (non-hydrogen) atoms. The molecule has 0 saturated carbocycles. The molecule has 0 radical (unpaired) electrons. The number of rotatable bonds is 10. The van der Waals surface area contributed by atoms with Gasteiger partial charge in [0.2, 0.25) is 5.95 Å². The molecule has 4 aromatic heterocycles. The molecule has 242 valence electrons. The van der Waals surface area contributed by atoms with Crippen LogP contribution in [0.1, 0.15) is 12.5 Å². The summed E-state index contributed by atoms with van der Waals surface area (Å²) >= 11 is 8.82. The molecule has 2 aliphatic heterocycles. The van der Waals surface area contributed by atoms with Gasteiger partial charge in [-0.15, -0.1) is 4.52 Å². The highest BCUT2D eigenvalue weighted by molar-refractivity contribution is 8.39. The van der Waals surface area contributed by atoms with Crippen molar-refractivity contribution in [2.24, 2.45) is 0 Å². The number of halogens is 2. The number of nitrogens with one attached hydrogen (secondary N) is 1. The first-order chi connectivity index (χ1) is 21.4. The summed E-state index contributed by atoms with van der Waals surface area (Å²) < 4.78 is 72.7. The van der Waals surface area contributed by atoms with Gasteiger partial charge >= 0.3 is 13.9 Å². The Balaban J connectivity index is 1.22. The maximum absolute atomic E-state index is 15.7. The normalized spacial score (nSPS) is 30.3. The third-order valence-corrected chi connectivity index (χ3v) is 9.23. The van der Waals surface area contributed by atoms with Gasteiger partial charge in [0.1, 0.15) is 42.4 Å². The lowest BCUT2D eigenvalue weighted by molar-refractivity contribution is -0.0539. The number of nitrogens with two attached hydrogens (primary N) is 2. The summed E-state index contributed by atoms with van der Waals surface area (Å²) in [5, 5.41) is 9.66. The molecule has 0 aromatic carbocycles. The number of fused-ring (bicyclic) bond motifs is 2. The lowest BCUT2D eigenvalue weighted by Crippen LogP contribution is -2.34. The smallest absolute Gasteiger partial charge is 0.394 e. The van der Waals surface area contributed by atoms with Gasteiger partial charge in [-0.1, -0.05) is 0 Å². The Morgan fingerprint density at radius 3 is 2.47 bits per heavy atom. The van der Waals surface area contributed by atoms with Gasteiger partial charge in [-0.25, -0.2) is 28.7 Å². The zero-order chi connectivity index (χ0) is 32.2. The number of H-pyrrole nitrogens is 1. The van der Waals surface area contributed by atoms with Gasteiger partial charge in [-0.3, -0.25) is 23.4 Å². The predicted molar refractivity (Wildman–Crippen MR) is 156 cm³/mol. The molecule has 2 unspecified atom stereocenters. The fourth-order valence-electron chi connectivity index (χ4n) is 5.00. The minimum atomic E-state index is -4.41. The van der Waals surface area contributed by atoms with E-state index in [2.05, 4.69) is 42.2 Å². The molecule has 6 rings (SSSR count). The Morgan fingerprint density at radius 1 is 1.07 bits per heavy atom. The lowest BCUT2D eigenvalue weighted by atomic mass is 10.1. The summed E-state index contributed by atoms with van der Waals surface area (Å²) in [7, 11) is -2.64. The minimum Gasteiger partial charge on any atom is -0.394 e. The van der Waals surface area contributed by atoms with Crippen molar-refractivity contribution in [3.63, 3.8) is 0 Å². The Hall–Kier alpha value is -2.82. The lowest BCUT2D eigenvalue weighted by Gasteiger charge is -2.26. The Kier molecular flexibility index (Phi) is 8.86. The molecule has 4 aromatic rings. The van der Waals surface area contributed by atoms with Gasteiger partial charge in [0.25, 0.3) is 5.56 Å². The van der Waals surface area contributed by atoms with Crippen LogP contribution in [0.15, 0.2) is 23.8 Å². The van der Waals surface area contributed by atoms with E-state index in [0.29, 0.717) is 0 Å². The molecule has 19 nitrogen and oxygen atoms in total. The number of thiol groups is 1. The monoisotopic (exact) mass is 711 g/mol. The maximum atomic E-state index is 15.7. The topological polar surface area (TPSA) is 263 Å². The summed E-state index contributed by atoms with van der Waals surface area (Å²) in [4.78, 5) is 45.4. The number of aliphatic hydroxyl groups is 1. The average Bonchev–Trinajstić information content (AvgIpc) is 3.73. The first-order valence-corrected chi connectivity index (χ1v) is 17.6. The van der Waals surface area contributed by atoms with E-state index in [-0.39, 0.29) is 34.1 Å². The van der Waals surface area contributed by atoms with E-state index in [1.807, 2.05) is 0 Å². The van der Waals surface area contributed by atoms with Crippen LogP contribution in [0, 0.1) is 0 Å². The summed E-state index contributed by atoms with van der Waals surface area (Å²) in [6.07, 6.45) is -9.54. The highest BCUT2D eigenvalue weighted by atomic mass is 32.7. The van der Waals surface area contributed by atoms with E-state index in [0.717, 1.165) is 17.2 Å². The number of aliphatic hydroxyl groups excluding tert-OH is 1. The van der Waals surface area contributed by atoms with E-state index in [1.165, 1.54) is 10.9 Å². The molecular formula is C20H23F2N10O9P2S2+. The van der Waals surface area contributed by atoms with Crippen molar-refractivity contribution in [1.82, 2.24) is 39.0 Å². The molecule has 10 atom stereocenters. The molecule has 2 aliphatic rings. The van der Waals surface area contributed by atoms with Crippen molar-refractivity contribution in [2.75, 3.05) is 24.7 Å². The summed E-state index contributed by atoms with van der Waals surface area (Å²) in [5.41, 5.74) is 10.8. The molecule has 0 bridgehead atoms. The van der Waals surface area contributed by atoms with Crippen molar-refractivity contribution in [1.29, 1.82) is 0 Å². The van der Waals surface area contributed by atoms with Crippen molar-refractivity contribution in [3.05, 3.63) is 29.3 Å². The standard InChI is InChI=1S/C20H22F2N10O9P2S2/c21-8-6(1-33)38-19(32-5-28-11-16(32)29-20(24)30-17(11)34)13(8)41-43(36,45)37-2-7-12(40-42(35)44)9(22)18(39-7)31-4-27-10-14(23)25-3-26-15(10)31/h3-9,12-13,18-19,33H,1-2H2,(H6-,23,24,25,26,29,30,34,35,36,44,45)/p+1/t6-,7-,8-,9+,12-,13-,18-,19-,43?/m1/s1. The van der Waals surface area contributed by atoms with Crippen LogP contribution in [0.25, 0.3) is 22.3 Å². The summed E-state index contributed by atoms with van der Waals surface area (Å²) in [5.74, 6) is -0.230. The van der Waals surface area contributed by atoms with Gasteiger partial charge in [-0.2, -0.15) is 4.98 Å². The highest BCUT2D eigenvalue weighted by Gasteiger charge is 2.53. The summed E-state index contributed by atoms with van der Waals surface area (Å²) in [6.45, 7) is -5.89. The quantitative estimate of drug-likeness (QED) is 0.0946. The molecular weight excluding hydrogens is 688 g/mol. The van der Waals surface area contributed by atoms with Gasteiger partial charge in [-0.05, 0) is 16.4 Å². The van der Waals surface area contributed by atoms with Crippen molar-refractivity contribution < 1.29 is 46.4 Å². The number of hydrogen-bond acceptors (Lipinski definition) is 16. The molecule has 25 heteroatoms. The fraction of sp³-hybridized carbons (Fsp3) is 0.500.